The zero-order valence-corrected chi connectivity index (χ0v) is 11.8. The lowest BCUT2D eigenvalue weighted by Gasteiger charge is -2.28. The molecule has 0 radical (unpaired) electrons. The van der Waals surface area contributed by atoms with E-state index in [4.69, 9.17) is 14.2 Å². The predicted octanol–water partition coefficient (Wildman–Crippen LogP) is 0.303. The van der Waals surface area contributed by atoms with E-state index in [9.17, 15) is 14.4 Å². The highest BCUT2D eigenvalue weighted by Crippen LogP contribution is 2.59. The van der Waals surface area contributed by atoms with Gasteiger partial charge in [-0.15, -0.1) is 11.8 Å². The molecule has 3 heterocycles. The Hall–Kier alpha value is -1.50. The topological polar surface area (TPSA) is 78.9 Å². The molecule has 3 aliphatic rings. The molecule has 3 rings (SSSR count). The number of methoxy groups -OCH3 is 1. The van der Waals surface area contributed by atoms with Gasteiger partial charge in [-0.05, 0) is 6.92 Å². The zero-order chi connectivity index (χ0) is 14.6. The smallest absolute Gasteiger partial charge is 0.333 e. The van der Waals surface area contributed by atoms with Crippen molar-refractivity contribution >= 4 is 29.7 Å². The van der Waals surface area contributed by atoms with Crippen LogP contribution in [-0.4, -0.2) is 47.7 Å². The van der Waals surface area contributed by atoms with E-state index in [-0.39, 0.29) is 16.1 Å². The van der Waals surface area contributed by atoms with Crippen molar-refractivity contribution in [3.8, 4) is 0 Å². The quantitative estimate of drug-likeness (QED) is 0.421. The standard InChI is InChI=1S/C13H14O6S/c1-4(2)11(14)18-7-8-10-6(13(16)19-8)5(9(7)20-10)12(15)17-3/h5-10H,1H2,2-3H3. The van der Waals surface area contributed by atoms with E-state index in [0.29, 0.717) is 0 Å². The number of fused-ring (bicyclic) bond motifs is 1. The first-order chi connectivity index (χ1) is 9.45. The molecule has 0 spiro atoms. The maximum Gasteiger partial charge on any atom is 0.333 e. The van der Waals surface area contributed by atoms with Gasteiger partial charge < -0.3 is 14.2 Å². The number of esters is 3. The Kier molecular flexibility index (Phi) is 3.04. The van der Waals surface area contributed by atoms with E-state index in [1.165, 1.54) is 18.9 Å². The van der Waals surface area contributed by atoms with Crippen molar-refractivity contribution in [2.75, 3.05) is 7.11 Å². The number of ether oxygens (including phenoxy) is 3. The Morgan fingerprint density at radius 2 is 2.05 bits per heavy atom. The molecule has 2 bridgehead atoms. The van der Waals surface area contributed by atoms with Gasteiger partial charge in [0.15, 0.2) is 12.2 Å². The lowest BCUT2D eigenvalue weighted by atomic mass is 9.78. The second-order valence-corrected chi connectivity index (χ2v) is 6.55. The van der Waals surface area contributed by atoms with Gasteiger partial charge in [0, 0.05) is 5.57 Å². The number of hydrogen-bond acceptors (Lipinski definition) is 7. The summed E-state index contributed by atoms with van der Waals surface area (Å²) in [6, 6.07) is 0. The molecule has 0 aromatic rings. The summed E-state index contributed by atoms with van der Waals surface area (Å²) in [7, 11) is 1.28. The van der Waals surface area contributed by atoms with Crippen molar-refractivity contribution in [2.24, 2.45) is 11.8 Å². The number of hydrogen-bond donors (Lipinski definition) is 0. The van der Waals surface area contributed by atoms with Gasteiger partial charge in [0.05, 0.1) is 29.4 Å². The fraction of sp³-hybridized carbons (Fsp3) is 0.615. The summed E-state index contributed by atoms with van der Waals surface area (Å²) in [6.45, 7) is 5.07. The Labute approximate surface area is 119 Å². The first kappa shape index (κ1) is 13.5. The third-order valence-corrected chi connectivity index (χ3v) is 5.72. The first-order valence-electron chi connectivity index (χ1n) is 6.26. The predicted molar refractivity (Wildman–Crippen MR) is 68.7 cm³/mol. The minimum Gasteiger partial charge on any atom is -0.469 e. The SMILES string of the molecule is C=C(C)C(=O)OC1C2OC(=O)C3C2SC1C3C(=O)OC. The first-order valence-corrected chi connectivity index (χ1v) is 7.20. The third-order valence-electron chi connectivity index (χ3n) is 3.97. The Morgan fingerprint density at radius 3 is 2.65 bits per heavy atom. The Bertz CT molecular complexity index is 515. The lowest BCUT2D eigenvalue weighted by Crippen LogP contribution is -2.47. The van der Waals surface area contributed by atoms with Gasteiger partial charge in [-0.1, -0.05) is 6.58 Å². The average Bonchev–Trinajstić information content (AvgIpc) is 3.00. The molecule has 7 heteroatoms. The van der Waals surface area contributed by atoms with Crippen LogP contribution in [0.15, 0.2) is 12.2 Å². The number of rotatable bonds is 3. The Morgan fingerprint density at radius 1 is 1.35 bits per heavy atom. The molecular formula is C13H14O6S. The van der Waals surface area contributed by atoms with E-state index >= 15 is 0 Å². The van der Waals surface area contributed by atoms with Gasteiger partial charge in [-0.2, -0.15) is 0 Å². The number of thioether (sulfide) groups is 1. The fourth-order valence-electron chi connectivity index (χ4n) is 3.10. The lowest BCUT2D eigenvalue weighted by molar-refractivity contribution is -0.157. The molecule has 0 aliphatic carbocycles. The molecule has 0 amide bonds. The van der Waals surface area contributed by atoms with Crippen LogP contribution in [0.1, 0.15) is 6.92 Å². The second kappa shape index (κ2) is 4.51. The largest absolute Gasteiger partial charge is 0.469 e. The van der Waals surface area contributed by atoms with Gasteiger partial charge in [0.2, 0.25) is 0 Å². The molecule has 6 atom stereocenters. The van der Waals surface area contributed by atoms with E-state index in [1.807, 2.05) is 0 Å². The van der Waals surface area contributed by atoms with Gasteiger partial charge in [-0.25, -0.2) is 4.79 Å². The molecule has 108 valence electrons. The second-order valence-electron chi connectivity index (χ2n) is 5.19. The van der Waals surface area contributed by atoms with Gasteiger partial charge in [-0.3, -0.25) is 9.59 Å². The van der Waals surface area contributed by atoms with E-state index < -0.39 is 42.0 Å². The minimum atomic E-state index is -0.610. The summed E-state index contributed by atoms with van der Waals surface area (Å²) in [4.78, 5) is 35.5. The van der Waals surface area contributed by atoms with Gasteiger partial charge in [0.1, 0.15) is 0 Å². The van der Waals surface area contributed by atoms with E-state index in [0.717, 1.165) is 0 Å². The van der Waals surface area contributed by atoms with Crippen LogP contribution in [0.4, 0.5) is 0 Å². The van der Waals surface area contributed by atoms with Crippen LogP contribution in [-0.2, 0) is 28.6 Å². The third kappa shape index (κ3) is 1.69. The highest BCUT2D eigenvalue weighted by Gasteiger charge is 2.71. The molecule has 0 aromatic carbocycles. The maximum absolute atomic E-state index is 11.9. The van der Waals surface area contributed by atoms with E-state index in [2.05, 4.69) is 6.58 Å². The summed E-state index contributed by atoms with van der Waals surface area (Å²) in [5, 5.41) is -0.434. The van der Waals surface area contributed by atoms with Crippen molar-refractivity contribution in [1.82, 2.24) is 0 Å². The summed E-state index contributed by atoms with van der Waals surface area (Å²) in [5.41, 5.74) is 0.272. The maximum atomic E-state index is 11.9. The number of carbonyl (C=O) groups excluding carboxylic acids is 3. The zero-order valence-electron chi connectivity index (χ0n) is 11.0. The van der Waals surface area contributed by atoms with Crippen LogP contribution < -0.4 is 0 Å². The van der Waals surface area contributed by atoms with Crippen LogP contribution in [0, 0.1) is 11.8 Å². The molecule has 6 nitrogen and oxygen atoms in total. The van der Waals surface area contributed by atoms with Crippen LogP contribution in [0.2, 0.25) is 0 Å². The molecule has 6 unspecified atom stereocenters. The molecule has 0 aromatic heterocycles. The Balaban J connectivity index is 1.88. The summed E-state index contributed by atoms with van der Waals surface area (Å²) in [5.74, 6) is -2.49. The van der Waals surface area contributed by atoms with Gasteiger partial charge in [0.25, 0.3) is 0 Å². The molecule has 0 saturated carbocycles. The molecule has 3 aliphatic heterocycles. The average molecular weight is 298 g/mol. The van der Waals surface area contributed by atoms with Crippen molar-refractivity contribution in [3.63, 3.8) is 0 Å². The highest BCUT2D eigenvalue weighted by molar-refractivity contribution is 8.01. The van der Waals surface area contributed by atoms with Crippen LogP contribution in [0.25, 0.3) is 0 Å². The fourth-order valence-corrected chi connectivity index (χ4v) is 5.09. The highest BCUT2D eigenvalue weighted by atomic mass is 32.2. The molecule has 0 N–H and O–H groups in total. The molecule has 20 heavy (non-hydrogen) atoms. The monoisotopic (exact) mass is 298 g/mol. The molecule has 3 saturated heterocycles. The van der Waals surface area contributed by atoms with Crippen molar-refractivity contribution in [2.45, 2.75) is 29.6 Å². The van der Waals surface area contributed by atoms with Crippen LogP contribution >= 0.6 is 11.8 Å². The van der Waals surface area contributed by atoms with Crippen molar-refractivity contribution < 1.29 is 28.6 Å². The van der Waals surface area contributed by atoms with Crippen LogP contribution in [0.5, 0.6) is 0 Å². The van der Waals surface area contributed by atoms with Gasteiger partial charge >= 0.3 is 17.9 Å². The minimum absolute atomic E-state index is 0.139. The van der Waals surface area contributed by atoms with Crippen molar-refractivity contribution in [1.29, 1.82) is 0 Å². The summed E-state index contributed by atoms with van der Waals surface area (Å²) >= 11 is 1.47. The molecular weight excluding hydrogens is 284 g/mol. The summed E-state index contributed by atoms with van der Waals surface area (Å²) in [6.07, 6.45) is -1.08. The van der Waals surface area contributed by atoms with Crippen molar-refractivity contribution in [3.05, 3.63) is 12.2 Å². The van der Waals surface area contributed by atoms with Crippen LogP contribution in [0.3, 0.4) is 0 Å². The molecule has 3 fully saturated rings. The number of carbonyl (C=O) groups is 3. The normalized spacial score (nSPS) is 40.4. The summed E-state index contributed by atoms with van der Waals surface area (Å²) < 4.78 is 15.4. The van der Waals surface area contributed by atoms with E-state index in [1.54, 1.807) is 6.92 Å².